The molecule has 2 saturated carbocycles. The third-order valence-electron chi connectivity index (χ3n) is 6.51. The van der Waals surface area contributed by atoms with Gasteiger partial charge < -0.3 is 11.1 Å². The summed E-state index contributed by atoms with van der Waals surface area (Å²) in [5.74, 6) is 1.83. The zero-order valence-electron chi connectivity index (χ0n) is 19.4. The summed E-state index contributed by atoms with van der Waals surface area (Å²) in [5, 5.41) is 8.50. The molecule has 2 aliphatic rings. The molecule has 0 saturated heterocycles. The number of nitrogens with one attached hydrogen (secondary N) is 1. The van der Waals surface area contributed by atoms with Crippen LogP contribution < -0.4 is 11.1 Å². The van der Waals surface area contributed by atoms with Crippen molar-refractivity contribution >= 4 is 22.6 Å². The summed E-state index contributed by atoms with van der Waals surface area (Å²) < 4.78 is 29.0. The normalized spacial score (nSPS) is 16.4. The van der Waals surface area contributed by atoms with E-state index in [2.05, 4.69) is 30.4 Å². The molecule has 12 heteroatoms. The third kappa shape index (κ3) is 4.12. The number of carbonyl (C=O) groups excluding carboxylic acids is 1. The molecule has 1 aromatic carbocycles. The molecular weight excluding hydrogens is 468 g/mol. The minimum absolute atomic E-state index is 0.0472. The molecule has 3 N–H and O–H groups in total. The van der Waals surface area contributed by atoms with Gasteiger partial charge in [0.1, 0.15) is 24.2 Å². The van der Waals surface area contributed by atoms with Crippen molar-refractivity contribution in [1.29, 1.82) is 0 Å². The molecule has 2 aliphatic carbocycles. The lowest BCUT2D eigenvalue weighted by Crippen LogP contribution is -2.17. The topological polar surface area (TPSA) is 137 Å². The van der Waals surface area contributed by atoms with Crippen LogP contribution in [-0.4, -0.2) is 40.6 Å². The number of nitrogens with two attached hydrogens (primary N) is 1. The smallest absolute Gasteiger partial charge is 0.267 e. The van der Waals surface area contributed by atoms with Crippen molar-refractivity contribution in [1.82, 2.24) is 34.7 Å². The predicted octanol–water partition coefficient (Wildman–Crippen LogP) is 3.96. The Bertz CT molecular complexity index is 1480. The van der Waals surface area contributed by atoms with E-state index in [4.69, 9.17) is 10.7 Å². The summed E-state index contributed by atoms with van der Waals surface area (Å²) in [6.45, 7) is 1.88. The molecule has 1 atom stereocenters. The average molecular weight is 492 g/mol. The highest BCUT2D eigenvalue weighted by molar-refractivity contribution is 5.92. The summed E-state index contributed by atoms with van der Waals surface area (Å²) in [4.78, 5) is 33.4. The Balaban J connectivity index is 1.41. The van der Waals surface area contributed by atoms with Gasteiger partial charge in [0.25, 0.3) is 12.3 Å². The van der Waals surface area contributed by atoms with Crippen LogP contribution in [-0.2, 0) is 0 Å². The van der Waals surface area contributed by atoms with Gasteiger partial charge in [-0.25, -0.2) is 33.7 Å². The summed E-state index contributed by atoms with van der Waals surface area (Å²) in [6, 6.07) is 4.04. The number of anilines is 1. The number of fused-ring (bicyclic) bond motifs is 1. The number of alkyl halides is 2. The van der Waals surface area contributed by atoms with E-state index < -0.39 is 18.4 Å². The number of nitrogens with zero attached hydrogens (tertiary/aromatic N) is 7. The molecule has 184 valence electrons. The number of amides is 1. The van der Waals surface area contributed by atoms with Crippen molar-refractivity contribution in [3.05, 3.63) is 59.3 Å². The van der Waals surface area contributed by atoms with E-state index >= 15 is 0 Å². The molecule has 3 heterocycles. The molecule has 36 heavy (non-hydrogen) atoms. The van der Waals surface area contributed by atoms with Gasteiger partial charge in [0.15, 0.2) is 17.5 Å². The summed E-state index contributed by atoms with van der Waals surface area (Å²) in [5.41, 5.74) is 6.91. The zero-order valence-corrected chi connectivity index (χ0v) is 19.4. The molecule has 3 aromatic heterocycles. The largest absolute Gasteiger partial charge is 0.364 e. The minimum atomic E-state index is -2.60. The fourth-order valence-corrected chi connectivity index (χ4v) is 4.34. The van der Waals surface area contributed by atoms with E-state index in [-0.39, 0.29) is 23.1 Å². The van der Waals surface area contributed by atoms with Crippen molar-refractivity contribution < 1.29 is 13.6 Å². The van der Waals surface area contributed by atoms with E-state index in [9.17, 15) is 13.6 Å². The maximum atomic E-state index is 13.7. The molecule has 0 unspecified atom stereocenters. The number of rotatable bonds is 8. The van der Waals surface area contributed by atoms with E-state index in [1.54, 1.807) is 10.7 Å². The van der Waals surface area contributed by atoms with Crippen LogP contribution in [0.5, 0.6) is 0 Å². The number of hydrogen-bond acceptors (Lipinski definition) is 8. The fourth-order valence-electron chi connectivity index (χ4n) is 4.34. The highest BCUT2D eigenvalue weighted by atomic mass is 19.3. The second-order valence-electron chi connectivity index (χ2n) is 9.31. The SMILES string of the molecule is C[C@H](Nc1ncnc2c(C3CC3)cc(C(F)F)cc12)c1nc(C2CC2)nn1-c1cc(C(N)=O)ncn1. The van der Waals surface area contributed by atoms with Gasteiger partial charge in [-0.15, -0.1) is 5.10 Å². The van der Waals surface area contributed by atoms with Gasteiger partial charge in [-0.2, -0.15) is 4.68 Å². The van der Waals surface area contributed by atoms with Crippen LogP contribution in [0.15, 0.2) is 30.9 Å². The molecule has 2 fully saturated rings. The van der Waals surface area contributed by atoms with Crippen molar-refractivity contribution in [2.45, 2.75) is 56.9 Å². The highest BCUT2D eigenvalue weighted by Crippen LogP contribution is 2.45. The van der Waals surface area contributed by atoms with Gasteiger partial charge in [-0.05, 0) is 56.2 Å². The Kier molecular flexibility index (Phi) is 5.31. The van der Waals surface area contributed by atoms with Crippen LogP contribution in [0.4, 0.5) is 14.6 Å². The number of carbonyl (C=O) groups is 1. The van der Waals surface area contributed by atoms with Crippen LogP contribution in [0.2, 0.25) is 0 Å². The van der Waals surface area contributed by atoms with Crippen molar-refractivity contribution in [3.63, 3.8) is 0 Å². The van der Waals surface area contributed by atoms with E-state index in [1.165, 1.54) is 24.8 Å². The summed E-state index contributed by atoms with van der Waals surface area (Å²) >= 11 is 0. The maximum Gasteiger partial charge on any atom is 0.267 e. The maximum absolute atomic E-state index is 13.7. The zero-order chi connectivity index (χ0) is 25.0. The Morgan fingerprint density at radius 1 is 1.06 bits per heavy atom. The Hall–Kier alpha value is -4.09. The second kappa shape index (κ2) is 8.54. The van der Waals surface area contributed by atoms with Gasteiger partial charge in [-0.1, -0.05) is 0 Å². The molecule has 0 spiro atoms. The third-order valence-corrected chi connectivity index (χ3v) is 6.51. The van der Waals surface area contributed by atoms with Gasteiger partial charge in [0.05, 0.1) is 11.6 Å². The van der Waals surface area contributed by atoms with Crippen LogP contribution in [0.25, 0.3) is 16.7 Å². The van der Waals surface area contributed by atoms with Crippen LogP contribution in [0.3, 0.4) is 0 Å². The molecule has 0 bridgehead atoms. The lowest BCUT2D eigenvalue weighted by atomic mass is 10.0. The first-order valence-corrected chi connectivity index (χ1v) is 11.8. The van der Waals surface area contributed by atoms with E-state index in [0.717, 1.165) is 31.2 Å². The average Bonchev–Trinajstić information content (AvgIpc) is 3.81. The molecular formula is C24H23F2N9O. The lowest BCUT2D eigenvalue weighted by Gasteiger charge is -2.17. The van der Waals surface area contributed by atoms with Gasteiger partial charge in [0.2, 0.25) is 0 Å². The van der Waals surface area contributed by atoms with Gasteiger partial charge in [-0.3, -0.25) is 4.79 Å². The van der Waals surface area contributed by atoms with Crippen LogP contribution in [0.1, 0.15) is 90.2 Å². The summed E-state index contributed by atoms with van der Waals surface area (Å²) in [6.07, 6.45) is 4.01. The first-order chi connectivity index (χ1) is 17.4. The monoisotopic (exact) mass is 491 g/mol. The van der Waals surface area contributed by atoms with Gasteiger partial charge in [0, 0.05) is 22.9 Å². The predicted molar refractivity (Wildman–Crippen MR) is 126 cm³/mol. The lowest BCUT2D eigenvalue weighted by molar-refractivity contribution is 0.0995. The Morgan fingerprint density at radius 2 is 1.81 bits per heavy atom. The van der Waals surface area contributed by atoms with Crippen molar-refractivity contribution in [3.8, 4) is 5.82 Å². The Labute approximate surface area is 204 Å². The van der Waals surface area contributed by atoms with Crippen molar-refractivity contribution in [2.24, 2.45) is 5.73 Å². The van der Waals surface area contributed by atoms with E-state index in [1.807, 2.05) is 6.92 Å². The second-order valence-corrected chi connectivity index (χ2v) is 9.31. The van der Waals surface area contributed by atoms with E-state index in [0.29, 0.717) is 34.2 Å². The van der Waals surface area contributed by atoms with Gasteiger partial charge >= 0.3 is 0 Å². The fraction of sp³-hybridized carbons (Fsp3) is 0.375. The highest BCUT2D eigenvalue weighted by Gasteiger charge is 2.32. The summed E-state index contributed by atoms with van der Waals surface area (Å²) in [7, 11) is 0. The number of aromatic nitrogens is 7. The molecule has 4 aromatic rings. The van der Waals surface area contributed by atoms with Crippen LogP contribution in [0, 0.1) is 0 Å². The standard InChI is InChI=1S/C24H23F2N9O/c1-11(24-33-22(13-4-5-13)34-35(24)18-8-17(21(27)36)28-9-29-18)32-23-16-7-14(20(25)26)6-15(12-2-3-12)19(16)30-10-31-23/h6-13,20H,2-5H2,1H3,(H2,27,36)(H,30,31,32)/t11-/m0/s1. The molecule has 0 aliphatic heterocycles. The number of primary amides is 1. The molecule has 0 radical (unpaired) electrons. The minimum Gasteiger partial charge on any atom is -0.364 e. The number of halogens is 2. The molecule has 6 rings (SSSR count). The van der Waals surface area contributed by atoms with Crippen molar-refractivity contribution in [2.75, 3.05) is 5.32 Å². The molecule has 1 amide bonds. The number of benzene rings is 1. The molecule has 10 nitrogen and oxygen atoms in total. The van der Waals surface area contributed by atoms with Crippen LogP contribution >= 0.6 is 0 Å². The first-order valence-electron chi connectivity index (χ1n) is 11.8. The quantitative estimate of drug-likeness (QED) is 0.378. The number of hydrogen-bond donors (Lipinski definition) is 2. The first kappa shape index (κ1) is 22.4. The Morgan fingerprint density at radius 3 is 2.50 bits per heavy atom.